The molecule has 2 nitrogen and oxygen atoms in total. The van der Waals surface area contributed by atoms with Crippen LogP contribution >= 0.6 is 0 Å². The van der Waals surface area contributed by atoms with Crippen molar-refractivity contribution >= 4 is 0 Å². The van der Waals surface area contributed by atoms with Gasteiger partial charge in [-0.1, -0.05) is 24.6 Å². The molecule has 0 aromatic heterocycles. The first-order valence-electron chi connectivity index (χ1n) is 8.51. The number of aryl methyl sites for hydroxylation is 3. The lowest BCUT2D eigenvalue weighted by Gasteiger charge is -2.24. The molecule has 2 atom stereocenters. The van der Waals surface area contributed by atoms with E-state index >= 15 is 0 Å². The molecule has 0 bridgehead atoms. The van der Waals surface area contributed by atoms with Crippen LogP contribution in [0.4, 0.5) is 0 Å². The van der Waals surface area contributed by atoms with Crippen LogP contribution in [-0.4, -0.2) is 25.3 Å². The summed E-state index contributed by atoms with van der Waals surface area (Å²) in [7, 11) is 0. The third-order valence-electron chi connectivity index (χ3n) is 4.55. The lowest BCUT2D eigenvalue weighted by atomic mass is 9.92. The van der Waals surface area contributed by atoms with Crippen LogP contribution in [-0.2, 0) is 11.2 Å². The van der Waals surface area contributed by atoms with Crippen LogP contribution in [0.15, 0.2) is 12.1 Å². The highest BCUT2D eigenvalue weighted by Crippen LogP contribution is 2.22. The first-order valence-corrected chi connectivity index (χ1v) is 8.51. The molecule has 1 heterocycles. The van der Waals surface area contributed by atoms with E-state index in [1.54, 1.807) is 0 Å². The summed E-state index contributed by atoms with van der Waals surface area (Å²) in [5.74, 6) is 0. The van der Waals surface area contributed by atoms with E-state index in [9.17, 15) is 0 Å². The third kappa shape index (κ3) is 4.82. The second kappa shape index (κ2) is 7.95. The highest BCUT2D eigenvalue weighted by Gasteiger charge is 2.21. The Hall–Kier alpha value is -0.860. The Morgan fingerprint density at radius 3 is 2.52 bits per heavy atom. The van der Waals surface area contributed by atoms with Crippen molar-refractivity contribution in [1.29, 1.82) is 0 Å². The van der Waals surface area contributed by atoms with Gasteiger partial charge in [-0.25, -0.2) is 0 Å². The van der Waals surface area contributed by atoms with Crippen molar-refractivity contribution in [2.75, 3.05) is 13.2 Å². The van der Waals surface area contributed by atoms with Crippen molar-refractivity contribution < 1.29 is 4.74 Å². The molecule has 118 valence electrons. The van der Waals surface area contributed by atoms with Gasteiger partial charge in [0, 0.05) is 12.6 Å². The van der Waals surface area contributed by atoms with Gasteiger partial charge in [0.05, 0.1) is 6.10 Å². The van der Waals surface area contributed by atoms with Crippen molar-refractivity contribution in [2.24, 2.45) is 0 Å². The fraction of sp³-hybridized carbons (Fsp3) is 0.684. The molecule has 21 heavy (non-hydrogen) atoms. The minimum Gasteiger partial charge on any atom is -0.378 e. The Bertz CT molecular complexity index is 426. The van der Waals surface area contributed by atoms with Crippen LogP contribution in [0.3, 0.4) is 0 Å². The average molecular weight is 289 g/mol. The van der Waals surface area contributed by atoms with Crippen LogP contribution in [0.2, 0.25) is 0 Å². The molecule has 1 aromatic carbocycles. The molecule has 1 N–H and O–H groups in total. The standard InChI is InChI=1S/C19H31NO/c1-5-8-20-17(12-18-7-6-9-21-18)13-19-15(3)10-14(2)11-16(19)4/h10-11,17-18,20H,5-9,12-13H2,1-4H3. The van der Waals surface area contributed by atoms with E-state index < -0.39 is 0 Å². The van der Waals surface area contributed by atoms with Gasteiger partial charge in [-0.15, -0.1) is 0 Å². The zero-order valence-electron chi connectivity index (χ0n) is 14.2. The van der Waals surface area contributed by atoms with Gasteiger partial charge in [0.2, 0.25) is 0 Å². The molecule has 0 amide bonds. The monoisotopic (exact) mass is 289 g/mol. The third-order valence-corrected chi connectivity index (χ3v) is 4.55. The second-order valence-electron chi connectivity index (χ2n) is 6.60. The molecule has 1 fully saturated rings. The fourth-order valence-corrected chi connectivity index (χ4v) is 3.51. The number of rotatable bonds is 7. The Morgan fingerprint density at radius 2 is 1.95 bits per heavy atom. The normalized spacial score (nSPS) is 19.9. The lowest BCUT2D eigenvalue weighted by molar-refractivity contribution is 0.0945. The van der Waals surface area contributed by atoms with Crippen molar-refractivity contribution in [2.45, 2.75) is 71.9 Å². The highest BCUT2D eigenvalue weighted by atomic mass is 16.5. The van der Waals surface area contributed by atoms with Gasteiger partial charge in [-0.3, -0.25) is 0 Å². The molecule has 0 saturated carbocycles. The minimum absolute atomic E-state index is 0.463. The van der Waals surface area contributed by atoms with Gasteiger partial charge in [0.15, 0.2) is 0 Å². The highest BCUT2D eigenvalue weighted by molar-refractivity contribution is 5.38. The molecule has 2 heteroatoms. The Morgan fingerprint density at radius 1 is 1.24 bits per heavy atom. The SMILES string of the molecule is CCCNC(Cc1c(C)cc(C)cc1C)CC1CCCO1. The molecule has 1 aliphatic heterocycles. The predicted molar refractivity (Wildman–Crippen MR) is 90.0 cm³/mol. The summed E-state index contributed by atoms with van der Waals surface area (Å²) in [5.41, 5.74) is 5.75. The van der Waals surface area contributed by atoms with Gasteiger partial charge in [-0.2, -0.15) is 0 Å². The predicted octanol–water partition coefficient (Wildman–Crippen LogP) is 4.09. The first kappa shape index (κ1) is 16.5. The molecular weight excluding hydrogens is 258 g/mol. The van der Waals surface area contributed by atoms with Crippen molar-refractivity contribution in [3.8, 4) is 0 Å². The van der Waals surface area contributed by atoms with Gasteiger partial charge in [-0.05, 0) is 76.1 Å². The number of nitrogens with one attached hydrogen (secondary N) is 1. The summed E-state index contributed by atoms with van der Waals surface area (Å²) in [6.45, 7) is 11.0. The van der Waals surface area contributed by atoms with E-state index in [1.165, 1.54) is 41.5 Å². The fourth-order valence-electron chi connectivity index (χ4n) is 3.51. The Balaban J connectivity index is 2.06. The van der Waals surface area contributed by atoms with Gasteiger partial charge < -0.3 is 10.1 Å². The van der Waals surface area contributed by atoms with Crippen LogP contribution in [0.5, 0.6) is 0 Å². The summed E-state index contributed by atoms with van der Waals surface area (Å²) in [4.78, 5) is 0. The van der Waals surface area contributed by atoms with Gasteiger partial charge in [0.1, 0.15) is 0 Å². The molecular formula is C19H31NO. The number of benzene rings is 1. The molecule has 2 unspecified atom stereocenters. The van der Waals surface area contributed by atoms with E-state index in [-0.39, 0.29) is 0 Å². The summed E-state index contributed by atoms with van der Waals surface area (Å²) >= 11 is 0. The summed E-state index contributed by atoms with van der Waals surface area (Å²) < 4.78 is 5.84. The number of ether oxygens (including phenoxy) is 1. The van der Waals surface area contributed by atoms with Crippen molar-refractivity contribution in [3.63, 3.8) is 0 Å². The van der Waals surface area contributed by atoms with Crippen LogP contribution in [0.25, 0.3) is 0 Å². The van der Waals surface area contributed by atoms with E-state index in [0.29, 0.717) is 12.1 Å². The summed E-state index contributed by atoms with van der Waals surface area (Å²) in [5, 5.41) is 3.73. The van der Waals surface area contributed by atoms with Crippen LogP contribution in [0.1, 0.15) is 54.9 Å². The quantitative estimate of drug-likeness (QED) is 0.816. The van der Waals surface area contributed by atoms with Crippen molar-refractivity contribution in [3.05, 3.63) is 34.4 Å². The maximum Gasteiger partial charge on any atom is 0.0590 e. The zero-order valence-corrected chi connectivity index (χ0v) is 14.2. The van der Waals surface area contributed by atoms with Gasteiger partial charge in [0.25, 0.3) is 0 Å². The van der Waals surface area contributed by atoms with E-state index in [0.717, 1.165) is 26.0 Å². The lowest BCUT2D eigenvalue weighted by Crippen LogP contribution is -2.35. The molecule has 0 radical (unpaired) electrons. The van der Waals surface area contributed by atoms with Gasteiger partial charge >= 0.3 is 0 Å². The second-order valence-corrected chi connectivity index (χ2v) is 6.60. The zero-order chi connectivity index (χ0) is 15.2. The van der Waals surface area contributed by atoms with E-state index in [4.69, 9.17) is 4.74 Å². The average Bonchev–Trinajstić information content (AvgIpc) is 2.92. The smallest absolute Gasteiger partial charge is 0.0590 e. The van der Waals surface area contributed by atoms with E-state index in [2.05, 4.69) is 45.1 Å². The van der Waals surface area contributed by atoms with Crippen LogP contribution < -0.4 is 5.32 Å². The largest absolute Gasteiger partial charge is 0.378 e. The Labute approximate surface area is 130 Å². The first-order chi connectivity index (χ1) is 10.1. The number of hydrogen-bond donors (Lipinski definition) is 1. The number of hydrogen-bond acceptors (Lipinski definition) is 2. The topological polar surface area (TPSA) is 21.3 Å². The van der Waals surface area contributed by atoms with E-state index in [1.807, 2.05) is 0 Å². The Kier molecular flexibility index (Phi) is 6.25. The van der Waals surface area contributed by atoms with Crippen LogP contribution in [0, 0.1) is 20.8 Å². The molecule has 0 spiro atoms. The summed E-state index contributed by atoms with van der Waals surface area (Å²) in [6, 6.07) is 5.16. The van der Waals surface area contributed by atoms with Crippen molar-refractivity contribution in [1.82, 2.24) is 5.32 Å². The minimum atomic E-state index is 0.463. The molecule has 1 aliphatic rings. The molecule has 1 aromatic rings. The molecule has 2 rings (SSSR count). The molecule has 1 saturated heterocycles. The maximum absolute atomic E-state index is 5.84. The molecule has 0 aliphatic carbocycles. The summed E-state index contributed by atoms with van der Waals surface area (Å²) in [6.07, 6.45) is 6.38. The maximum atomic E-state index is 5.84.